The highest BCUT2D eigenvalue weighted by Gasteiger charge is 2.74. The predicted octanol–water partition coefficient (Wildman–Crippen LogP) is 3.94. The fraction of sp³-hybridized carbons (Fsp3) is 0.963. The Balaban J connectivity index is 1.34. The Labute approximate surface area is 192 Å². The summed E-state index contributed by atoms with van der Waals surface area (Å²) in [7, 11) is 0. The quantitative estimate of drug-likeness (QED) is 0.589. The third-order valence-corrected chi connectivity index (χ3v) is 11.8. The van der Waals surface area contributed by atoms with E-state index in [2.05, 4.69) is 27.7 Å². The highest BCUT2D eigenvalue weighted by molar-refractivity contribution is 5.90. The third-order valence-electron chi connectivity index (χ3n) is 11.8. The number of hydrogen-bond donors (Lipinski definition) is 2. The van der Waals surface area contributed by atoms with Gasteiger partial charge in [0.25, 0.3) is 0 Å². The molecule has 2 N–H and O–H groups in total. The molecule has 32 heavy (non-hydrogen) atoms. The summed E-state index contributed by atoms with van der Waals surface area (Å²) in [6.07, 6.45) is 6.50. The second kappa shape index (κ2) is 7.02. The van der Waals surface area contributed by atoms with E-state index in [-0.39, 0.29) is 35.1 Å². The second-order valence-electron chi connectivity index (χ2n) is 13.1. The maximum Gasteiger partial charge on any atom is 0.172 e. The summed E-state index contributed by atoms with van der Waals surface area (Å²) in [5.41, 5.74) is -0.311. The van der Waals surface area contributed by atoms with E-state index in [1.165, 1.54) is 0 Å². The first-order valence-electron chi connectivity index (χ1n) is 13.3. The normalized spacial score (nSPS) is 61.8. The van der Waals surface area contributed by atoms with E-state index in [1.807, 2.05) is 0 Å². The zero-order valence-corrected chi connectivity index (χ0v) is 20.3. The highest BCUT2D eigenvalue weighted by Crippen LogP contribution is 2.70. The van der Waals surface area contributed by atoms with Crippen molar-refractivity contribution in [2.75, 3.05) is 6.61 Å². The first-order valence-corrected chi connectivity index (χ1v) is 13.3. The maximum atomic E-state index is 14.0. The molecule has 0 amide bonds. The van der Waals surface area contributed by atoms with Crippen LogP contribution in [0.4, 0.5) is 0 Å². The fourth-order valence-corrected chi connectivity index (χ4v) is 9.92. The fourth-order valence-electron chi connectivity index (χ4n) is 9.92. The number of hydrogen-bond acceptors (Lipinski definition) is 5. The van der Waals surface area contributed by atoms with Gasteiger partial charge in [0, 0.05) is 29.6 Å². The van der Waals surface area contributed by atoms with E-state index >= 15 is 0 Å². The minimum Gasteiger partial charge on any atom is -0.393 e. The zero-order chi connectivity index (χ0) is 22.6. The van der Waals surface area contributed by atoms with Gasteiger partial charge in [0.1, 0.15) is 6.10 Å². The number of aliphatic hydroxyl groups is 2. The van der Waals surface area contributed by atoms with Crippen molar-refractivity contribution in [1.29, 1.82) is 0 Å². The van der Waals surface area contributed by atoms with Crippen LogP contribution < -0.4 is 0 Å². The van der Waals surface area contributed by atoms with Crippen LogP contribution in [0.1, 0.15) is 79.1 Å². The van der Waals surface area contributed by atoms with E-state index in [9.17, 15) is 15.0 Å². The molecule has 13 atom stereocenters. The average molecular weight is 447 g/mol. The molecule has 0 aromatic heterocycles. The molecule has 0 radical (unpaired) electrons. The Bertz CT molecular complexity index is 789. The number of carbonyl (C=O) groups excluding carboxylic acids is 1. The Morgan fingerprint density at radius 3 is 2.50 bits per heavy atom. The lowest BCUT2D eigenvalue weighted by atomic mass is 9.43. The molecule has 4 saturated carbocycles. The van der Waals surface area contributed by atoms with Crippen LogP contribution in [0, 0.1) is 52.3 Å². The first-order chi connectivity index (χ1) is 15.1. The topological polar surface area (TPSA) is 76.0 Å². The molecule has 0 bridgehead atoms. The molecule has 2 saturated heterocycles. The number of fused-ring (bicyclic) bond motifs is 7. The Kier molecular flexibility index (Phi) is 4.83. The van der Waals surface area contributed by atoms with Crippen molar-refractivity contribution < 1.29 is 24.5 Å². The Morgan fingerprint density at radius 1 is 1.00 bits per heavy atom. The van der Waals surface area contributed by atoms with Crippen LogP contribution in [0.5, 0.6) is 0 Å². The van der Waals surface area contributed by atoms with Gasteiger partial charge in [-0.05, 0) is 74.0 Å². The van der Waals surface area contributed by atoms with Crippen LogP contribution in [0.15, 0.2) is 0 Å². The van der Waals surface area contributed by atoms with E-state index in [4.69, 9.17) is 9.47 Å². The molecule has 0 aromatic rings. The Hall–Kier alpha value is -0.490. The smallest absolute Gasteiger partial charge is 0.172 e. The standard InChI is InChI=1S/C27H42O5/c1-14-7-10-27(31-13-14)15(2)21-24(32-27)23(30)22-18-6-5-16-11-17(28)8-9-25(16,3)19(18)12-20(29)26(21,22)4/h14-22,24,28-29H,5-13H2,1-4H3/t14-,15+,16+,17+,18-,19+,20-,21+,22-,24-,25+,26-,27-/m1/s1. The molecule has 6 aliphatic rings. The summed E-state index contributed by atoms with van der Waals surface area (Å²) in [6.45, 7) is 9.70. The van der Waals surface area contributed by atoms with Crippen molar-refractivity contribution in [3.05, 3.63) is 0 Å². The van der Waals surface area contributed by atoms with Gasteiger partial charge in [0.2, 0.25) is 0 Å². The van der Waals surface area contributed by atoms with Gasteiger partial charge in [-0.2, -0.15) is 0 Å². The average Bonchev–Trinajstić information content (AvgIpc) is 3.16. The van der Waals surface area contributed by atoms with Crippen molar-refractivity contribution in [3.63, 3.8) is 0 Å². The van der Waals surface area contributed by atoms with E-state index in [1.54, 1.807) is 0 Å². The largest absolute Gasteiger partial charge is 0.393 e. The second-order valence-corrected chi connectivity index (χ2v) is 13.1. The summed E-state index contributed by atoms with van der Waals surface area (Å²) < 4.78 is 12.9. The van der Waals surface area contributed by atoms with Gasteiger partial charge < -0.3 is 19.7 Å². The van der Waals surface area contributed by atoms with Crippen LogP contribution >= 0.6 is 0 Å². The molecule has 5 heteroatoms. The predicted molar refractivity (Wildman–Crippen MR) is 120 cm³/mol. The van der Waals surface area contributed by atoms with Crippen molar-refractivity contribution in [2.45, 2.75) is 103 Å². The van der Waals surface area contributed by atoms with E-state index in [0.29, 0.717) is 30.3 Å². The molecule has 0 aromatic carbocycles. The number of Topliss-reactive ketones (excluding diaryl/α,β-unsaturated/α-hetero) is 1. The molecule has 6 fully saturated rings. The molecular weight excluding hydrogens is 404 g/mol. The minimum atomic E-state index is -0.648. The van der Waals surface area contributed by atoms with E-state index < -0.39 is 23.4 Å². The van der Waals surface area contributed by atoms with Crippen molar-refractivity contribution in [3.8, 4) is 0 Å². The lowest BCUT2D eigenvalue weighted by Gasteiger charge is -2.61. The number of ether oxygens (including phenoxy) is 2. The molecule has 1 spiro atoms. The van der Waals surface area contributed by atoms with Gasteiger partial charge in [-0.25, -0.2) is 0 Å². The van der Waals surface area contributed by atoms with Gasteiger partial charge in [-0.1, -0.05) is 27.7 Å². The third kappa shape index (κ3) is 2.63. The maximum absolute atomic E-state index is 14.0. The first kappa shape index (κ1) is 22.0. The number of rotatable bonds is 0. The van der Waals surface area contributed by atoms with Gasteiger partial charge in [0.05, 0.1) is 18.8 Å². The number of ketones is 1. The summed E-state index contributed by atoms with van der Waals surface area (Å²) in [4.78, 5) is 14.0. The van der Waals surface area contributed by atoms with Gasteiger partial charge in [-0.3, -0.25) is 4.79 Å². The number of carbonyl (C=O) groups is 1. The summed E-state index contributed by atoms with van der Waals surface area (Å²) in [6, 6.07) is 0. The Morgan fingerprint density at radius 2 is 1.78 bits per heavy atom. The molecule has 2 aliphatic heterocycles. The molecule has 6 rings (SSSR count). The summed E-state index contributed by atoms with van der Waals surface area (Å²) in [5.74, 6) is 1.36. The molecule has 180 valence electrons. The molecule has 5 nitrogen and oxygen atoms in total. The van der Waals surface area contributed by atoms with Crippen LogP contribution in [-0.2, 0) is 14.3 Å². The van der Waals surface area contributed by atoms with Crippen molar-refractivity contribution in [1.82, 2.24) is 0 Å². The van der Waals surface area contributed by atoms with Gasteiger partial charge >= 0.3 is 0 Å². The monoisotopic (exact) mass is 446 g/mol. The molecule has 2 heterocycles. The number of aliphatic hydroxyl groups excluding tert-OH is 2. The SMILES string of the molecule is C[C@@H]1CC[C@@]2(OC1)O[C@H]1C(=O)[C@H]3[C@@H]4CC[C@H]5C[C@@H](O)CC[C@]5(C)[C@H]4C[C@@H](O)[C@]3(C)[C@H]1[C@@H]2C. The minimum absolute atomic E-state index is 0.0306. The zero-order valence-electron chi connectivity index (χ0n) is 20.3. The van der Waals surface area contributed by atoms with E-state index in [0.717, 1.165) is 51.4 Å². The van der Waals surface area contributed by atoms with Gasteiger partial charge in [0.15, 0.2) is 11.6 Å². The lowest BCUT2D eigenvalue weighted by molar-refractivity contribution is -0.270. The van der Waals surface area contributed by atoms with Crippen molar-refractivity contribution in [2.24, 2.45) is 52.3 Å². The van der Waals surface area contributed by atoms with Crippen LogP contribution in [0.3, 0.4) is 0 Å². The van der Waals surface area contributed by atoms with Gasteiger partial charge in [-0.15, -0.1) is 0 Å². The van der Waals surface area contributed by atoms with Crippen molar-refractivity contribution >= 4 is 5.78 Å². The summed E-state index contributed by atoms with van der Waals surface area (Å²) in [5, 5.41) is 22.0. The molecule has 0 unspecified atom stereocenters. The molecular formula is C27H42O5. The van der Waals surface area contributed by atoms with Crippen LogP contribution in [0.25, 0.3) is 0 Å². The van der Waals surface area contributed by atoms with Crippen LogP contribution in [0.2, 0.25) is 0 Å². The summed E-state index contributed by atoms with van der Waals surface area (Å²) >= 11 is 0. The molecule has 4 aliphatic carbocycles. The van der Waals surface area contributed by atoms with Crippen LogP contribution in [-0.4, -0.2) is 46.7 Å². The highest BCUT2D eigenvalue weighted by atomic mass is 16.7. The lowest BCUT2D eigenvalue weighted by Crippen LogP contribution is -2.60.